The van der Waals surface area contributed by atoms with Gasteiger partial charge < -0.3 is 10.3 Å². The van der Waals surface area contributed by atoms with Crippen LogP contribution in [0.15, 0.2) is 18.6 Å². The van der Waals surface area contributed by atoms with E-state index >= 15 is 0 Å². The predicted octanol–water partition coefficient (Wildman–Crippen LogP) is 1.00. The molecule has 0 aliphatic carbocycles. The van der Waals surface area contributed by atoms with E-state index in [2.05, 4.69) is 9.97 Å². The number of nitrogens with two attached hydrogens (primary N) is 1. The lowest BCUT2D eigenvalue weighted by Crippen LogP contribution is -1.91. The average molecular weight is 194 g/mol. The van der Waals surface area contributed by atoms with Crippen molar-refractivity contribution in [2.45, 2.75) is 6.54 Å². The molecule has 13 heavy (non-hydrogen) atoms. The number of aryl methyl sites for hydroxylation is 1. The van der Waals surface area contributed by atoms with Gasteiger partial charge in [-0.1, -0.05) is 0 Å². The number of nitrogens with zero attached hydrogens (tertiary/aromatic N) is 3. The molecule has 2 aromatic rings. The highest BCUT2D eigenvalue weighted by Gasteiger charge is 2.07. The second-order valence-corrected chi connectivity index (χ2v) is 3.81. The molecule has 2 heterocycles. The Morgan fingerprint density at radius 1 is 1.54 bits per heavy atom. The first-order chi connectivity index (χ1) is 6.31. The number of aromatic nitrogens is 3. The van der Waals surface area contributed by atoms with Crippen molar-refractivity contribution in [1.29, 1.82) is 0 Å². The van der Waals surface area contributed by atoms with Crippen molar-refractivity contribution in [1.82, 2.24) is 14.5 Å². The number of hydrogen-bond acceptors (Lipinski definition) is 4. The van der Waals surface area contributed by atoms with Crippen LogP contribution < -0.4 is 5.73 Å². The Labute approximate surface area is 80.1 Å². The molecule has 0 saturated carbocycles. The second kappa shape index (κ2) is 3.27. The molecule has 0 aliphatic rings. The Morgan fingerprint density at radius 2 is 2.38 bits per heavy atom. The molecule has 0 fully saturated rings. The maximum atomic E-state index is 5.50. The van der Waals surface area contributed by atoms with E-state index in [4.69, 9.17) is 5.73 Å². The number of hydrogen-bond donors (Lipinski definition) is 1. The largest absolute Gasteiger partial charge is 0.332 e. The van der Waals surface area contributed by atoms with Gasteiger partial charge in [-0.3, -0.25) is 0 Å². The Bertz CT molecular complexity index is 404. The Hall–Kier alpha value is -1.20. The molecular formula is C8H10N4S. The van der Waals surface area contributed by atoms with Gasteiger partial charge in [0.25, 0.3) is 0 Å². The lowest BCUT2D eigenvalue weighted by molar-refractivity contribution is 0.922. The van der Waals surface area contributed by atoms with Crippen molar-refractivity contribution in [3.63, 3.8) is 0 Å². The molecule has 0 bridgehead atoms. The minimum absolute atomic E-state index is 0.544. The molecule has 4 nitrogen and oxygen atoms in total. The molecule has 0 unspecified atom stereocenters. The van der Waals surface area contributed by atoms with E-state index < -0.39 is 0 Å². The first-order valence-electron chi connectivity index (χ1n) is 3.93. The SMILES string of the molecule is Cn1ccnc1-c1ncc(CN)s1. The zero-order valence-corrected chi connectivity index (χ0v) is 8.08. The van der Waals surface area contributed by atoms with E-state index in [9.17, 15) is 0 Å². The molecular weight excluding hydrogens is 184 g/mol. The van der Waals surface area contributed by atoms with Gasteiger partial charge in [-0.25, -0.2) is 9.97 Å². The van der Waals surface area contributed by atoms with Gasteiger partial charge in [0.2, 0.25) is 0 Å². The summed E-state index contributed by atoms with van der Waals surface area (Å²) in [5.41, 5.74) is 5.50. The summed E-state index contributed by atoms with van der Waals surface area (Å²) in [5, 5.41) is 0.924. The molecule has 2 N–H and O–H groups in total. The van der Waals surface area contributed by atoms with Crippen LogP contribution >= 0.6 is 11.3 Å². The highest BCUT2D eigenvalue weighted by Crippen LogP contribution is 2.22. The summed E-state index contributed by atoms with van der Waals surface area (Å²) in [6.45, 7) is 0.544. The van der Waals surface area contributed by atoms with E-state index in [0.717, 1.165) is 15.7 Å². The van der Waals surface area contributed by atoms with Crippen LogP contribution in [-0.4, -0.2) is 14.5 Å². The molecule has 0 saturated heterocycles. The molecule has 0 amide bonds. The van der Waals surface area contributed by atoms with Gasteiger partial charge in [-0.15, -0.1) is 11.3 Å². The fourth-order valence-electron chi connectivity index (χ4n) is 1.08. The molecule has 0 atom stereocenters. The minimum Gasteiger partial charge on any atom is -0.332 e. The van der Waals surface area contributed by atoms with E-state index in [-0.39, 0.29) is 0 Å². The van der Waals surface area contributed by atoms with Crippen molar-refractivity contribution in [2.24, 2.45) is 12.8 Å². The number of rotatable bonds is 2. The van der Waals surface area contributed by atoms with Gasteiger partial charge in [0.05, 0.1) is 0 Å². The topological polar surface area (TPSA) is 56.7 Å². The normalized spacial score (nSPS) is 10.6. The summed E-state index contributed by atoms with van der Waals surface area (Å²) in [6, 6.07) is 0. The van der Waals surface area contributed by atoms with Crippen LogP contribution in [0.4, 0.5) is 0 Å². The Kier molecular flexibility index (Phi) is 2.12. The van der Waals surface area contributed by atoms with E-state index in [1.54, 1.807) is 23.7 Å². The third-order valence-electron chi connectivity index (χ3n) is 1.77. The van der Waals surface area contributed by atoms with Crippen LogP contribution in [0.25, 0.3) is 10.8 Å². The Morgan fingerprint density at radius 3 is 2.92 bits per heavy atom. The summed E-state index contributed by atoms with van der Waals surface area (Å²) in [6.07, 6.45) is 5.46. The van der Waals surface area contributed by atoms with Crippen molar-refractivity contribution in [3.8, 4) is 10.8 Å². The van der Waals surface area contributed by atoms with E-state index in [1.807, 2.05) is 17.8 Å². The first-order valence-corrected chi connectivity index (χ1v) is 4.75. The van der Waals surface area contributed by atoms with Crippen LogP contribution in [0.3, 0.4) is 0 Å². The van der Waals surface area contributed by atoms with Crippen LogP contribution in [0.1, 0.15) is 4.88 Å². The fourth-order valence-corrected chi connectivity index (χ4v) is 1.91. The summed E-state index contributed by atoms with van der Waals surface area (Å²) in [7, 11) is 1.95. The molecule has 5 heteroatoms. The first kappa shape index (κ1) is 8.40. The maximum absolute atomic E-state index is 5.50. The molecule has 0 spiro atoms. The standard InChI is InChI=1S/C8H10N4S/c1-12-3-2-10-7(12)8-11-5-6(4-9)13-8/h2-3,5H,4,9H2,1H3. The van der Waals surface area contributed by atoms with Gasteiger partial charge in [0, 0.05) is 37.1 Å². The minimum atomic E-state index is 0.544. The van der Waals surface area contributed by atoms with Gasteiger partial charge in [-0.05, 0) is 0 Å². The van der Waals surface area contributed by atoms with Gasteiger partial charge in [-0.2, -0.15) is 0 Å². The second-order valence-electron chi connectivity index (χ2n) is 2.70. The van der Waals surface area contributed by atoms with Crippen molar-refractivity contribution >= 4 is 11.3 Å². The van der Waals surface area contributed by atoms with E-state index in [0.29, 0.717) is 6.54 Å². The van der Waals surface area contributed by atoms with Crippen LogP contribution in [0.2, 0.25) is 0 Å². The quantitative estimate of drug-likeness (QED) is 0.776. The molecule has 0 aliphatic heterocycles. The maximum Gasteiger partial charge on any atom is 0.168 e. The van der Waals surface area contributed by atoms with Gasteiger partial charge in [0.15, 0.2) is 10.8 Å². The molecule has 2 aromatic heterocycles. The van der Waals surface area contributed by atoms with Crippen LogP contribution in [-0.2, 0) is 13.6 Å². The number of thiazole rings is 1. The zero-order chi connectivity index (χ0) is 9.26. The zero-order valence-electron chi connectivity index (χ0n) is 7.27. The molecule has 2 rings (SSSR count). The van der Waals surface area contributed by atoms with Crippen molar-refractivity contribution in [2.75, 3.05) is 0 Å². The van der Waals surface area contributed by atoms with Crippen LogP contribution in [0, 0.1) is 0 Å². The van der Waals surface area contributed by atoms with Crippen LogP contribution in [0.5, 0.6) is 0 Å². The highest BCUT2D eigenvalue weighted by molar-refractivity contribution is 7.14. The fraction of sp³-hybridized carbons (Fsp3) is 0.250. The Balaban J connectivity index is 2.41. The average Bonchev–Trinajstić information content (AvgIpc) is 2.71. The van der Waals surface area contributed by atoms with Crippen molar-refractivity contribution < 1.29 is 0 Å². The smallest absolute Gasteiger partial charge is 0.168 e. The summed E-state index contributed by atoms with van der Waals surface area (Å²) in [4.78, 5) is 9.53. The molecule has 68 valence electrons. The van der Waals surface area contributed by atoms with E-state index in [1.165, 1.54) is 0 Å². The lowest BCUT2D eigenvalue weighted by atomic mass is 10.6. The monoisotopic (exact) mass is 194 g/mol. The third kappa shape index (κ3) is 1.48. The highest BCUT2D eigenvalue weighted by atomic mass is 32.1. The van der Waals surface area contributed by atoms with Crippen molar-refractivity contribution in [3.05, 3.63) is 23.5 Å². The molecule has 0 radical (unpaired) electrons. The molecule has 0 aromatic carbocycles. The predicted molar refractivity (Wildman–Crippen MR) is 52.2 cm³/mol. The van der Waals surface area contributed by atoms with Gasteiger partial charge >= 0.3 is 0 Å². The number of imidazole rings is 1. The summed E-state index contributed by atoms with van der Waals surface area (Å²) in [5.74, 6) is 0.893. The summed E-state index contributed by atoms with van der Waals surface area (Å²) < 4.78 is 1.94. The third-order valence-corrected chi connectivity index (χ3v) is 2.78. The lowest BCUT2D eigenvalue weighted by Gasteiger charge is -1.94. The summed E-state index contributed by atoms with van der Waals surface area (Å²) >= 11 is 1.59. The van der Waals surface area contributed by atoms with Gasteiger partial charge in [0.1, 0.15) is 0 Å².